The summed E-state index contributed by atoms with van der Waals surface area (Å²) < 4.78 is 10.8. The van der Waals surface area contributed by atoms with E-state index in [9.17, 15) is 9.59 Å². The number of ether oxygens (including phenoxy) is 2. The van der Waals surface area contributed by atoms with Crippen LogP contribution < -0.4 is 15.4 Å². The lowest BCUT2D eigenvalue weighted by Gasteiger charge is -2.24. The number of fused-ring (bicyclic) bond motifs is 4. The summed E-state index contributed by atoms with van der Waals surface area (Å²) in [4.78, 5) is 36.9. The van der Waals surface area contributed by atoms with Crippen LogP contribution in [0.4, 0.5) is 16.3 Å². The van der Waals surface area contributed by atoms with Crippen LogP contribution in [0.2, 0.25) is 0 Å². The first-order chi connectivity index (χ1) is 17.8. The minimum absolute atomic E-state index is 0.0106. The lowest BCUT2D eigenvalue weighted by Crippen LogP contribution is -2.33. The highest BCUT2D eigenvalue weighted by atomic mass is 32.1. The second-order valence-corrected chi connectivity index (χ2v) is 10.4. The van der Waals surface area contributed by atoms with Crippen LogP contribution >= 0.6 is 11.3 Å². The molecule has 3 heterocycles. The fourth-order valence-electron chi connectivity index (χ4n) is 4.63. The van der Waals surface area contributed by atoms with Crippen molar-refractivity contribution in [3.8, 4) is 5.75 Å². The van der Waals surface area contributed by atoms with Crippen LogP contribution in [-0.2, 0) is 22.4 Å². The smallest absolute Gasteiger partial charge is 0.406 e. The number of benzene rings is 1. The number of nitrogens with one attached hydrogen (secondary N) is 3. The Balaban J connectivity index is 1.46. The number of amides is 2. The zero-order chi connectivity index (χ0) is 26.1. The molecule has 3 aromatic heterocycles. The van der Waals surface area contributed by atoms with Crippen molar-refractivity contribution < 1.29 is 19.1 Å². The first kappa shape index (κ1) is 24.8. The highest BCUT2D eigenvalue weighted by Gasteiger charge is 2.30. The number of carbonyl (C=O) groups excluding carboxylic acids is 2. The van der Waals surface area contributed by atoms with Gasteiger partial charge in [0.05, 0.1) is 36.4 Å². The zero-order valence-corrected chi connectivity index (χ0v) is 21.9. The summed E-state index contributed by atoms with van der Waals surface area (Å²) >= 11 is 1.63. The summed E-state index contributed by atoms with van der Waals surface area (Å²) in [7, 11) is 4.93. The molecule has 2 atom stereocenters. The van der Waals surface area contributed by atoms with Gasteiger partial charge in [0.25, 0.3) is 0 Å². The summed E-state index contributed by atoms with van der Waals surface area (Å²) in [5.74, 6) is 1.43. The number of anilines is 2. The van der Waals surface area contributed by atoms with Crippen LogP contribution in [0.25, 0.3) is 21.1 Å². The number of carbonyl (C=O) groups is 2. The first-order valence-electron chi connectivity index (χ1n) is 12.0. The van der Waals surface area contributed by atoms with E-state index in [1.165, 1.54) is 17.6 Å². The van der Waals surface area contributed by atoms with Gasteiger partial charge in [-0.25, -0.2) is 14.8 Å². The Morgan fingerprint density at radius 1 is 1.30 bits per heavy atom. The molecule has 37 heavy (non-hydrogen) atoms. The van der Waals surface area contributed by atoms with E-state index in [0.717, 1.165) is 39.6 Å². The second kappa shape index (κ2) is 10.2. The Labute approximate surface area is 217 Å². The predicted octanol–water partition coefficient (Wildman–Crippen LogP) is 3.63. The Hall–Kier alpha value is -3.93. The topological polar surface area (TPSA) is 134 Å². The molecular weight excluding hydrogens is 494 g/mol. The van der Waals surface area contributed by atoms with Crippen molar-refractivity contribution in [3.05, 3.63) is 35.1 Å². The standard InChI is InChI=1S/C25H29N7O4S/c1-13(10-26-25(34)35-4)36-19-9-17-15(11-29-31-17)7-18(19)30-22-21-16-6-5-14(24(33)32(2)3)8-20(16)37-23(21)28-12-27-22/h7,9,11-14H,5-6,8,10H2,1-4H3,(H,26,34)(H,29,31)(H,27,28,30)/t13-,14+/m1/s1. The molecule has 194 valence electrons. The van der Waals surface area contributed by atoms with Gasteiger partial charge < -0.3 is 25.0 Å². The lowest BCUT2D eigenvalue weighted by molar-refractivity contribution is -0.133. The molecule has 0 radical (unpaired) electrons. The van der Waals surface area contributed by atoms with E-state index in [4.69, 9.17) is 4.74 Å². The minimum Gasteiger partial charge on any atom is -0.487 e. The van der Waals surface area contributed by atoms with E-state index in [2.05, 4.69) is 35.5 Å². The van der Waals surface area contributed by atoms with Crippen LogP contribution in [0.5, 0.6) is 5.75 Å². The fourth-order valence-corrected chi connectivity index (χ4v) is 5.90. The number of thiophene rings is 1. The van der Waals surface area contributed by atoms with Gasteiger partial charge in [0.2, 0.25) is 5.91 Å². The van der Waals surface area contributed by atoms with Gasteiger partial charge in [-0.15, -0.1) is 11.3 Å². The Kier molecular flexibility index (Phi) is 6.83. The summed E-state index contributed by atoms with van der Waals surface area (Å²) in [5.41, 5.74) is 2.75. The van der Waals surface area contributed by atoms with E-state index in [1.807, 2.05) is 19.1 Å². The molecule has 0 bridgehead atoms. The fraction of sp³-hybridized carbons (Fsp3) is 0.400. The van der Waals surface area contributed by atoms with Crippen LogP contribution in [0.3, 0.4) is 0 Å². The molecule has 5 rings (SSSR count). The number of nitrogens with zero attached hydrogens (tertiary/aromatic N) is 4. The molecule has 0 saturated carbocycles. The van der Waals surface area contributed by atoms with Gasteiger partial charge in [-0.05, 0) is 37.8 Å². The molecular formula is C25H29N7O4S. The number of aromatic nitrogens is 4. The number of alkyl carbamates (subject to hydrolysis) is 1. The van der Waals surface area contributed by atoms with Crippen molar-refractivity contribution in [1.29, 1.82) is 0 Å². The Morgan fingerprint density at radius 3 is 2.92 bits per heavy atom. The third kappa shape index (κ3) is 5.01. The number of aryl methyl sites for hydroxylation is 1. The molecule has 0 fully saturated rings. The van der Waals surface area contributed by atoms with Gasteiger partial charge in [-0.1, -0.05) is 0 Å². The second-order valence-electron chi connectivity index (χ2n) is 9.31. The van der Waals surface area contributed by atoms with Crippen LogP contribution in [0.15, 0.2) is 24.7 Å². The van der Waals surface area contributed by atoms with Crippen molar-refractivity contribution in [1.82, 2.24) is 30.4 Å². The quantitative estimate of drug-likeness (QED) is 0.334. The third-order valence-corrected chi connectivity index (χ3v) is 7.64. The molecule has 0 unspecified atom stereocenters. The average Bonchev–Trinajstić information content (AvgIpc) is 3.50. The maximum Gasteiger partial charge on any atom is 0.406 e. The molecule has 1 aliphatic rings. The monoisotopic (exact) mass is 523 g/mol. The molecule has 2 amide bonds. The van der Waals surface area contributed by atoms with E-state index in [0.29, 0.717) is 18.0 Å². The van der Waals surface area contributed by atoms with E-state index >= 15 is 0 Å². The number of hydrogen-bond acceptors (Lipinski definition) is 9. The maximum absolute atomic E-state index is 12.6. The number of H-pyrrole nitrogens is 1. The van der Waals surface area contributed by atoms with Gasteiger partial charge in [-0.3, -0.25) is 9.89 Å². The molecule has 12 heteroatoms. The SMILES string of the molecule is COC(=O)NC[C@@H](C)Oc1cc2[nH]ncc2cc1Nc1ncnc2sc3c(c12)CC[C@H](C(=O)N(C)C)C3. The largest absolute Gasteiger partial charge is 0.487 e. The minimum atomic E-state index is -0.516. The van der Waals surface area contributed by atoms with Crippen molar-refractivity contribution in [3.63, 3.8) is 0 Å². The molecule has 3 N–H and O–H groups in total. The molecule has 4 aromatic rings. The third-order valence-electron chi connectivity index (χ3n) is 6.48. The summed E-state index contributed by atoms with van der Waals surface area (Å²) in [6, 6.07) is 3.82. The molecule has 11 nitrogen and oxygen atoms in total. The van der Waals surface area contributed by atoms with Crippen molar-refractivity contribution in [2.75, 3.05) is 33.1 Å². The van der Waals surface area contributed by atoms with Crippen molar-refractivity contribution >= 4 is 56.0 Å². The average molecular weight is 524 g/mol. The zero-order valence-electron chi connectivity index (χ0n) is 21.1. The number of rotatable bonds is 7. The van der Waals surface area contributed by atoms with E-state index < -0.39 is 6.09 Å². The van der Waals surface area contributed by atoms with E-state index in [1.54, 1.807) is 42.9 Å². The van der Waals surface area contributed by atoms with Crippen LogP contribution in [-0.4, -0.2) is 70.9 Å². The van der Waals surface area contributed by atoms with Gasteiger partial charge in [0.15, 0.2) is 0 Å². The van der Waals surface area contributed by atoms with Crippen molar-refractivity contribution in [2.45, 2.75) is 32.3 Å². The van der Waals surface area contributed by atoms with Gasteiger partial charge in [0, 0.05) is 36.3 Å². The number of hydrogen-bond donors (Lipinski definition) is 3. The Bertz CT molecular complexity index is 1460. The molecule has 1 aromatic carbocycles. The molecule has 0 aliphatic heterocycles. The normalized spacial score (nSPS) is 15.7. The highest BCUT2D eigenvalue weighted by Crippen LogP contribution is 2.42. The van der Waals surface area contributed by atoms with Crippen molar-refractivity contribution in [2.24, 2.45) is 5.92 Å². The molecule has 0 saturated heterocycles. The molecule has 1 aliphatic carbocycles. The summed E-state index contributed by atoms with van der Waals surface area (Å²) in [6.45, 7) is 2.14. The number of aromatic amines is 1. The molecule has 0 spiro atoms. The van der Waals surface area contributed by atoms with E-state index in [-0.39, 0.29) is 24.5 Å². The van der Waals surface area contributed by atoms with Gasteiger partial charge in [-0.2, -0.15) is 5.10 Å². The van der Waals surface area contributed by atoms with Crippen LogP contribution in [0, 0.1) is 5.92 Å². The maximum atomic E-state index is 12.6. The van der Waals surface area contributed by atoms with Crippen LogP contribution in [0.1, 0.15) is 23.8 Å². The van der Waals surface area contributed by atoms with Gasteiger partial charge in [0.1, 0.15) is 28.8 Å². The summed E-state index contributed by atoms with van der Waals surface area (Å²) in [5, 5.41) is 15.1. The number of methoxy groups -OCH3 is 1. The Morgan fingerprint density at radius 2 is 2.14 bits per heavy atom. The first-order valence-corrected chi connectivity index (χ1v) is 12.8. The lowest BCUT2D eigenvalue weighted by atomic mass is 9.87. The summed E-state index contributed by atoms with van der Waals surface area (Å²) in [6.07, 6.45) is 4.76. The van der Waals surface area contributed by atoms with Gasteiger partial charge >= 0.3 is 6.09 Å². The highest BCUT2D eigenvalue weighted by molar-refractivity contribution is 7.19. The predicted molar refractivity (Wildman–Crippen MR) is 141 cm³/mol.